The Balaban J connectivity index is 1.48. The topological polar surface area (TPSA) is 21.3 Å². The number of hydrogen-bond donors (Lipinski definition) is 1. The van der Waals surface area contributed by atoms with Gasteiger partial charge in [-0.15, -0.1) is 0 Å². The molecule has 0 spiro atoms. The summed E-state index contributed by atoms with van der Waals surface area (Å²) in [5, 5.41) is 3.36. The van der Waals surface area contributed by atoms with Crippen LogP contribution in [0.1, 0.15) is 35.4 Å². The van der Waals surface area contributed by atoms with E-state index in [1.165, 1.54) is 11.6 Å². The third kappa shape index (κ3) is 4.85. The minimum atomic E-state index is -4.46. The van der Waals surface area contributed by atoms with Crippen molar-refractivity contribution in [1.82, 2.24) is 5.32 Å². The van der Waals surface area contributed by atoms with Crippen molar-refractivity contribution in [3.05, 3.63) is 89.5 Å². The number of ether oxygens (including phenoxy) is 1. The first kappa shape index (κ1) is 20.5. The fraction of sp³-hybridized carbons (Fsp3) is 0.280. The van der Waals surface area contributed by atoms with Gasteiger partial charge in [-0.3, -0.25) is 0 Å². The standard InChI is InChI=1S/C25H24F3NO/c26-25(27,28)24-16-22(10-11-23(24)21-4-2-1-3-5-21)30-17-18-6-8-19(9-7-18)20-12-14-29-15-13-20/h1-11,16,20,29H,12-15,17H2. The number of hydrogen-bond acceptors (Lipinski definition) is 2. The molecule has 1 saturated heterocycles. The van der Waals surface area contributed by atoms with E-state index in [2.05, 4.69) is 17.4 Å². The molecule has 3 aromatic carbocycles. The highest BCUT2D eigenvalue weighted by molar-refractivity contribution is 5.69. The lowest BCUT2D eigenvalue weighted by Crippen LogP contribution is -2.26. The Bertz CT molecular complexity index is 962. The summed E-state index contributed by atoms with van der Waals surface area (Å²) in [5.74, 6) is 0.783. The minimum Gasteiger partial charge on any atom is -0.489 e. The normalized spacial score (nSPS) is 15.2. The van der Waals surface area contributed by atoms with Crippen LogP contribution in [-0.4, -0.2) is 13.1 Å². The zero-order valence-electron chi connectivity index (χ0n) is 16.6. The summed E-state index contributed by atoms with van der Waals surface area (Å²) in [6, 6.07) is 21.0. The summed E-state index contributed by atoms with van der Waals surface area (Å²) >= 11 is 0. The van der Waals surface area contributed by atoms with Gasteiger partial charge in [-0.05, 0) is 66.2 Å². The second kappa shape index (κ2) is 8.92. The zero-order chi connectivity index (χ0) is 21.0. The van der Waals surface area contributed by atoms with Crippen molar-refractivity contribution < 1.29 is 17.9 Å². The summed E-state index contributed by atoms with van der Waals surface area (Å²) in [7, 11) is 0. The molecule has 5 heteroatoms. The molecule has 0 amide bonds. The number of nitrogens with one attached hydrogen (secondary N) is 1. The van der Waals surface area contributed by atoms with Crippen LogP contribution in [0.5, 0.6) is 5.75 Å². The van der Waals surface area contributed by atoms with Gasteiger partial charge in [-0.25, -0.2) is 0 Å². The summed E-state index contributed by atoms with van der Waals surface area (Å²) < 4.78 is 46.6. The van der Waals surface area contributed by atoms with Gasteiger partial charge in [0, 0.05) is 0 Å². The highest BCUT2D eigenvalue weighted by Gasteiger charge is 2.34. The maximum Gasteiger partial charge on any atom is 0.417 e. The third-order valence-corrected chi connectivity index (χ3v) is 5.58. The predicted molar refractivity (Wildman–Crippen MR) is 112 cm³/mol. The van der Waals surface area contributed by atoms with Crippen LogP contribution in [0, 0.1) is 0 Å². The fourth-order valence-electron chi connectivity index (χ4n) is 3.93. The van der Waals surface area contributed by atoms with Gasteiger partial charge < -0.3 is 10.1 Å². The van der Waals surface area contributed by atoms with Crippen molar-refractivity contribution in [2.75, 3.05) is 13.1 Å². The fourth-order valence-corrected chi connectivity index (χ4v) is 3.93. The van der Waals surface area contributed by atoms with Crippen LogP contribution in [0.15, 0.2) is 72.8 Å². The first-order valence-corrected chi connectivity index (χ1v) is 10.2. The molecule has 3 aromatic rings. The monoisotopic (exact) mass is 411 g/mol. The summed E-state index contributed by atoms with van der Waals surface area (Å²) in [6.45, 7) is 2.31. The van der Waals surface area contributed by atoms with Gasteiger partial charge >= 0.3 is 6.18 Å². The maximum atomic E-state index is 13.6. The molecular weight excluding hydrogens is 387 g/mol. The predicted octanol–water partition coefficient (Wildman–Crippen LogP) is 6.42. The first-order valence-electron chi connectivity index (χ1n) is 10.2. The lowest BCUT2D eigenvalue weighted by molar-refractivity contribution is -0.137. The second-order valence-electron chi connectivity index (χ2n) is 7.63. The lowest BCUT2D eigenvalue weighted by atomic mass is 9.90. The molecule has 0 aliphatic carbocycles. The summed E-state index contributed by atoms with van der Waals surface area (Å²) in [5.41, 5.74) is 2.25. The lowest BCUT2D eigenvalue weighted by Gasteiger charge is -2.23. The molecule has 0 aromatic heterocycles. The molecule has 1 aliphatic heterocycles. The van der Waals surface area contributed by atoms with E-state index < -0.39 is 11.7 Å². The zero-order valence-corrected chi connectivity index (χ0v) is 16.6. The number of benzene rings is 3. The van der Waals surface area contributed by atoms with Crippen LogP contribution in [0.2, 0.25) is 0 Å². The smallest absolute Gasteiger partial charge is 0.417 e. The second-order valence-corrected chi connectivity index (χ2v) is 7.63. The average molecular weight is 411 g/mol. The van der Waals surface area contributed by atoms with Gasteiger partial charge in [0.15, 0.2) is 0 Å². The van der Waals surface area contributed by atoms with Crippen LogP contribution in [-0.2, 0) is 12.8 Å². The molecule has 0 bridgehead atoms. The van der Waals surface area contributed by atoms with Crippen molar-refractivity contribution >= 4 is 0 Å². The van der Waals surface area contributed by atoms with E-state index in [1.54, 1.807) is 36.4 Å². The molecule has 1 aliphatic rings. The Morgan fingerprint density at radius 3 is 2.23 bits per heavy atom. The molecule has 0 saturated carbocycles. The van der Waals surface area contributed by atoms with Gasteiger partial charge in [0.2, 0.25) is 0 Å². The minimum absolute atomic E-state index is 0.154. The van der Waals surface area contributed by atoms with Crippen LogP contribution in [0.4, 0.5) is 13.2 Å². The van der Waals surface area contributed by atoms with E-state index in [0.29, 0.717) is 11.5 Å². The number of piperidine rings is 1. The van der Waals surface area contributed by atoms with Gasteiger partial charge in [-0.1, -0.05) is 60.7 Å². The van der Waals surface area contributed by atoms with Gasteiger partial charge in [0.1, 0.15) is 12.4 Å². The van der Waals surface area contributed by atoms with Gasteiger partial charge in [0.25, 0.3) is 0 Å². The molecule has 4 rings (SSSR count). The highest BCUT2D eigenvalue weighted by atomic mass is 19.4. The molecule has 2 nitrogen and oxygen atoms in total. The molecule has 1 fully saturated rings. The van der Waals surface area contributed by atoms with E-state index in [4.69, 9.17) is 4.74 Å². The SMILES string of the molecule is FC(F)(F)c1cc(OCc2ccc(C3CCNCC3)cc2)ccc1-c1ccccc1. The molecule has 0 unspecified atom stereocenters. The molecule has 0 radical (unpaired) electrons. The Morgan fingerprint density at radius 1 is 0.867 bits per heavy atom. The van der Waals surface area contributed by atoms with Crippen LogP contribution >= 0.6 is 0 Å². The Morgan fingerprint density at radius 2 is 1.57 bits per heavy atom. The van der Waals surface area contributed by atoms with Crippen molar-refractivity contribution in [3.63, 3.8) is 0 Å². The van der Waals surface area contributed by atoms with E-state index in [1.807, 2.05) is 12.1 Å². The van der Waals surface area contributed by atoms with Gasteiger partial charge in [-0.2, -0.15) is 13.2 Å². The Kier molecular flexibility index (Phi) is 6.09. The number of alkyl halides is 3. The summed E-state index contributed by atoms with van der Waals surface area (Å²) in [4.78, 5) is 0. The van der Waals surface area contributed by atoms with E-state index >= 15 is 0 Å². The van der Waals surface area contributed by atoms with E-state index in [-0.39, 0.29) is 17.9 Å². The molecule has 0 atom stereocenters. The van der Waals surface area contributed by atoms with Gasteiger partial charge in [0.05, 0.1) is 5.56 Å². The van der Waals surface area contributed by atoms with Crippen LogP contribution in [0.3, 0.4) is 0 Å². The molecular formula is C25H24F3NO. The third-order valence-electron chi connectivity index (χ3n) is 5.58. The molecule has 30 heavy (non-hydrogen) atoms. The Labute approximate surface area is 174 Å². The van der Waals surface area contributed by atoms with Crippen LogP contribution in [0.25, 0.3) is 11.1 Å². The van der Waals surface area contributed by atoms with Crippen LogP contribution < -0.4 is 10.1 Å². The Hall–Kier alpha value is -2.79. The van der Waals surface area contributed by atoms with Crippen molar-refractivity contribution in [2.45, 2.75) is 31.5 Å². The summed E-state index contributed by atoms with van der Waals surface area (Å²) in [6.07, 6.45) is -2.20. The molecule has 156 valence electrons. The maximum absolute atomic E-state index is 13.6. The first-order chi connectivity index (χ1) is 14.5. The number of halogens is 3. The van der Waals surface area contributed by atoms with Crippen molar-refractivity contribution in [2.24, 2.45) is 0 Å². The molecule has 1 N–H and O–H groups in total. The highest BCUT2D eigenvalue weighted by Crippen LogP contribution is 2.39. The van der Waals surface area contributed by atoms with Crippen molar-refractivity contribution in [1.29, 1.82) is 0 Å². The average Bonchev–Trinajstić information content (AvgIpc) is 2.78. The van der Waals surface area contributed by atoms with E-state index in [0.717, 1.165) is 37.6 Å². The quantitative estimate of drug-likeness (QED) is 0.523. The molecule has 1 heterocycles. The van der Waals surface area contributed by atoms with Crippen molar-refractivity contribution in [3.8, 4) is 16.9 Å². The largest absolute Gasteiger partial charge is 0.489 e. The van der Waals surface area contributed by atoms with E-state index in [9.17, 15) is 13.2 Å². The number of rotatable bonds is 5.